The van der Waals surface area contributed by atoms with E-state index in [0.717, 1.165) is 22.5 Å². The number of aliphatic imine (C=N–C) groups is 1. The monoisotopic (exact) mass is 427 g/mol. The average Bonchev–Trinajstić information content (AvgIpc) is 3.16. The molecule has 0 unspecified atom stereocenters. The van der Waals surface area contributed by atoms with Crippen molar-refractivity contribution in [1.29, 1.82) is 0 Å². The van der Waals surface area contributed by atoms with E-state index in [2.05, 4.69) is 14.7 Å². The Bertz CT molecular complexity index is 1210. The maximum atomic E-state index is 12.6. The number of sulfonamides is 1. The number of nitrogens with one attached hydrogen (secondary N) is 1. The number of halogens is 1. The van der Waals surface area contributed by atoms with Gasteiger partial charge in [-0.3, -0.25) is 9.71 Å². The number of methoxy groups -OCH3 is 1. The van der Waals surface area contributed by atoms with Gasteiger partial charge in [0.15, 0.2) is 0 Å². The smallest absolute Gasteiger partial charge is 0.261 e. The lowest BCUT2D eigenvalue weighted by Gasteiger charge is -2.09. The fourth-order valence-electron chi connectivity index (χ4n) is 3.05. The van der Waals surface area contributed by atoms with Gasteiger partial charge in [-0.15, -0.1) is 0 Å². The fourth-order valence-corrected chi connectivity index (χ4v) is 4.31. The molecule has 8 heteroatoms. The lowest BCUT2D eigenvalue weighted by Crippen LogP contribution is -2.13. The number of rotatable bonds is 5. The summed E-state index contributed by atoms with van der Waals surface area (Å²) in [6, 6.07) is 13.3. The van der Waals surface area contributed by atoms with Crippen molar-refractivity contribution in [2.45, 2.75) is 18.2 Å². The topological polar surface area (TPSA) is 80.7 Å². The van der Waals surface area contributed by atoms with Gasteiger partial charge in [0, 0.05) is 18.3 Å². The third-order valence-corrected chi connectivity index (χ3v) is 6.54. The largest absolute Gasteiger partial charge is 0.497 e. The number of benzene rings is 2. The van der Waals surface area contributed by atoms with Crippen molar-refractivity contribution in [2.24, 2.45) is 4.99 Å². The lowest BCUT2D eigenvalue weighted by molar-refractivity contribution is 0.414. The molecule has 6 nitrogen and oxygen atoms in total. The number of pyridine rings is 1. The predicted molar refractivity (Wildman–Crippen MR) is 114 cm³/mol. The molecule has 0 atom stereocenters. The third-order valence-electron chi connectivity index (χ3n) is 4.66. The van der Waals surface area contributed by atoms with Crippen LogP contribution in [-0.4, -0.2) is 26.2 Å². The van der Waals surface area contributed by atoms with Crippen LogP contribution in [0.25, 0.3) is 0 Å². The zero-order valence-electron chi connectivity index (χ0n) is 15.8. The van der Waals surface area contributed by atoms with E-state index in [4.69, 9.17) is 16.3 Å². The summed E-state index contributed by atoms with van der Waals surface area (Å²) in [5.74, 6) is 0.594. The molecule has 1 aliphatic heterocycles. The summed E-state index contributed by atoms with van der Waals surface area (Å²) in [5, 5.41) is 0.619. The SMILES string of the molecule is COc1ccc(S(=O)(=O)Nc2ccc(C3=Nc4c(ncc(C)c4Cl)C3)cc2)cc1. The van der Waals surface area contributed by atoms with Gasteiger partial charge < -0.3 is 4.74 Å². The highest BCUT2D eigenvalue weighted by atomic mass is 35.5. The Morgan fingerprint density at radius 1 is 1.07 bits per heavy atom. The van der Waals surface area contributed by atoms with Crippen molar-refractivity contribution in [2.75, 3.05) is 11.8 Å². The molecule has 1 N–H and O–H groups in total. The van der Waals surface area contributed by atoms with Crippen molar-refractivity contribution >= 4 is 38.7 Å². The molecule has 0 amide bonds. The van der Waals surface area contributed by atoms with Crippen LogP contribution in [0.5, 0.6) is 5.75 Å². The standard InChI is InChI=1S/C21H18ClN3O3S/c1-13-12-23-19-11-18(24-21(19)20(13)22)14-3-5-15(6-4-14)25-29(26,27)17-9-7-16(28-2)8-10-17/h3-10,12,25H,11H2,1-2H3. The van der Waals surface area contributed by atoms with Gasteiger partial charge in [0.2, 0.25) is 0 Å². The molecule has 0 spiro atoms. The van der Waals surface area contributed by atoms with Crippen molar-refractivity contribution in [3.8, 4) is 5.75 Å². The van der Waals surface area contributed by atoms with E-state index in [-0.39, 0.29) is 4.90 Å². The Labute approximate surface area is 174 Å². The van der Waals surface area contributed by atoms with Crippen molar-refractivity contribution < 1.29 is 13.2 Å². The number of anilines is 1. The second-order valence-corrected chi connectivity index (χ2v) is 8.70. The Morgan fingerprint density at radius 3 is 2.41 bits per heavy atom. The first-order valence-corrected chi connectivity index (χ1v) is 10.7. The Kier molecular flexibility index (Phi) is 5.02. The zero-order chi connectivity index (χ0) is 20.6. The van der Waals surface area contributed by atoms with E-state index >= 15 is 0 Å². The molecule has 2 aromatic carbocycles. The Balaban J connectivity index is 1.53. The number of nitrogens with zero attached hydrogens (tertiary/aromatic N) is 2. The summed E-state index contributed by atoms with van der Waals surface area (Å²) >= 11 is 6.33. The van der Waals surface area contributed by atoms with Crippen LogP contribution in [0.4, 0.5) is 11.4 Å². The van der Waals surface area contributed by atoms with Gasteiger partial charge in [0.25, 0.3) is 10.0 Å². The second kappa shape index (κ2) is 7.50. The highest BCUT2D eigenvalue weighted by Gasteiger charge is 2.21. The van der Waals surface area contributed by atoms with Crippen LogP contribution in [0.15, 0.2) is 64.6 Å². The van der Waals surface area contributed by atoms with Crippen LogP contribution >= 0.6 is 11.6 Å². The molecule has 0 aliphatic carbocycles. The molecule has 0 saturated heterocycles. The van der Waals surface area contributed by atoms with Crippen molar-refractivity contribution in [3.05, 3.63) is 76.6 Å². The summed E-state index contributed by atoms with van der Waals surface area (Å²) in [5.41, 5.74) is 4.66. The molecule has 3 aromatic rings. The Morgan fingerprint density at radius 2 is 1.76 bits per heavy atom. The van der Waals surface area contributed by atoms with Crippen LogP contribution in [0.1, 0.15) is 16.8 Å². The van der Waals surface area contributed by atoms with Crippen LogP contribution in [0.3, 0.4) is 0 Å². The van der Waals surface area contributed by atoms with Crippen LogP contribution < -0.4 is 9.46 Å². The maximum absolute atomic E-state index is 12.6. The summed E-state index contributed by atoms with van der Waals surface area (Å²) in [6.45, 7) is 1.90. The van der Waals surface area contributed by atoms with Crippen LogP contribution in [0, 0.1) is 6.92 Å². The van der Waals surface area contributed by atoms with Gasteiger partial charge in [-0.25, -0.2) is 13.4 Å². The minimum atomic E-state index is -3.69. The van der Waals surface area contributed by atoms with E-state index in [1.807, 2.05) is 19.1 Å². The maximum Gasteiger partial charge on any atom is 0.261 e. The first-order chi connectivity index (χ1) is 13.9. The third kappa shape index (κ3) is 3.83. The van der Waals surface area contributed by atoms with E-state index in [9.17, 15) is 8.42 Å². The molecule has 1 aromatic heterocycles. The van der Waals surface area contributed by atoms with Gasteiger partial charge in [-0.2, -0.15) is 0 Å². The molecule has 0 bridgehead atoms. The Hall–Kier alpha value is -2.90. The zero-order valence-corrected chi connectivity index (χ0v) is 17.4. The molecule has 0 fully saturated rings. The summed E-state index contributed by atoms with van der Waals surface area (Å²) in [6.07, 6.45) is 2.34. The minimum absolute atomic E-state index is 0.161. The molecule has 0 radical (unpaired) electrons. The molecular formula is C21H18ClN3O3S. The van der Waals surface area contributed by atoms with Crippen LogP contribution in [-0.2, 0) is 16.4 Å². The van der Waals surface area contributed by atoms with E-state index < -0.39 is 10.0 Å². The number of fused-ring (bicyclic) bond motifs is 1. The molecular weight excluding hydrogens is 410 g/mol. The van der Waals surface area contributed by atoms with Crippen molar-refractivity contribution in [1.82, 2.24) is 4.98 Å². The van der Waals surface area contributed by atoms with E-state index in [0.29, 0.717) is 28.6 Å². The summed E-state index contributed by atoms with van der Waals surface area (Å²) in [4.78, 5) is 9.19. The first-order valence-electron chi connectivity index (χ1n) is 8.86. The van der Waals surface area contributed by atoms with Gasteiger partial charge >= 0.3 is 0 Å². The minimum Gasteiger partial charge on any atom is -0.497 e. The first kappa shape index (κ1) is 19.4. The van der Waals surface area contributed by atoms with Gasteiger partial charge in [-0.1, -0.05) is 23.7 Å². The van der Waals surface area contributed by atoms with Gasteiger partial charge in [0.05, 0.1) is 28.4 Å². The molecule has 0 saturated carbocycles. The lowest BCUT2D eigenvalue weighted by atomic mass is 10.1. The molecule has 2 heterocycles. The quantitative estimate of drug-likeness (QED) is 0.648. The van der Waals surface area contributed by atoms with E-state index in [1.165, 1.54) is 19.2 Å². The number of aromatic nitrogens is 1. The molecule has 4 rings (SSSR count). The number of hydrogen-bond acceptors (Lipinski definition) is 5. The highest BCUT2D eigenvalue weighted by Crippen LogP contribution is 2.36. The second-order valence-electron chi connectivity index (χ2n) is 6.64. The van der Waals surface area contributed by atoms with Crippen LogP contribution in [0.2, 0.25) is 5.02 Å². The normalized spacial score (nSPS) is 13.0. The summed E-state index contributed by atoms with van der Waals surface area (Å²) < 4.78 is 32.8. The van der Waals surface area contributed by atoms with Gasteiger partial charge in [-0.05, 0) is 54.4 Å². The fraction of sp³-hybridized carbons (Fsp3) is 0.143. The predicted octanol–water partition coefficient (Wildman–Crippen LogP) is 4.53. The van der Waals surface area contributed by atoms with Crippen molar-refractivity contribution in [3.63, 3.8) is 0 Å². The summed E-state index contributed by atoms with van der Waals surface area (Å²) in [7, 11) is -2.16. The number of hydrogen-bond donors (Lipinski definition) is 1. The molecule has 29 heavy (non-hydrogen) atoms. The number of aryl methyl sites for hydroxylation is 1. The highest BCUT2D eigenvalue weighted by molar-refractivity contribution is 7.92. The average molecular weight is 428 g/mol. The molecule has 1 aliphatic rings. The van der Waals surface area contributed by atoms with Gasteiger partial charge in [0.1, 0.15) is 11.4 Å². The number of ether oxygens (including phenoxy) is 1. The molecule has 148 valence electrons. The van der Waals surface area contributed by atoms with E-state index in [1.54, 1.807) is 30.5 Å².